The molecule has 0 saturated heterocycles. The Balaban J connectivity index is 2.08. The van der Waals surface area contributed by atoms with Crippen LogP contribution in [0.3, 0.4) is 0 Å². The maximum Gasteiger partial charge on any atom is 0.203 e. The first-order valence-corrected chi connectivity index (χ1v) is 8.34. The van der Waals surface area contributed by atoms with E-state index in [9.17, 15) is 0 Å². The smallest absolute Gasteiger partial charge is 0.203 e. The van der Waals surface area contributed by atoms with Crippen LogP contribution in [0, 0.1) is 0 Å². The Morgan fingerprint density at radius 3 is 1.92 bits per heavy atom. The van der Waals surface area contributed by atoms with Gasteiger partial charge in [-0.2, -0.15) is 0 Å². The second-order valence-corrected chi connectivity index (χ2v) is 6.09. The number of nitrogens with zero attached hydrogens (tertiary/aromatic N) is 2. The zero-order chi connectivity index (χ0) is 18.7. The van der Waals surface area contributed by atoms with Crippen LogP contribution in [0.5, 0.6) is 17.2 Å². The molecule has 0 aliphatic heterocycles. The third kappa shape index (κ3) is 3.20. The summed E-state index contributed by atoms with van der Waals surface area (Å²) in [5, 5.41) is 0. The van der Waals surface area contributed by atoms with Crippen LogP contribution in [-0.2, 0) is 0 Å². The third-order valence-corrected chi connectivity index (χ3v) is 4.35. The van der Waals surface area contributed by atoms with Gasteiger partial charge in [-0.25, -0.2) is 0 Å². The van der Waals surface area contributed by atoms with Crippen molar-refractivity contribution in [3.05, 3.63) is 54.7 Å². The first-order chi connectivity index (χ1) is 12.6. The Labute approximate surface area is 154 Å². The third-order valence-electron chi connectivity index (χ3n) is 4.35. The van der Waals surface area contributed by atoms with Crippen molar-refractivity contribution < 1.29 is 14.2 Å². The van der Waals surface area contributed by atoms with E-state index in [1.807, 2.05) is 38.5 Å². The number of hydrogen-bond acceptors (Lipinski definition) is 4. The second kappa shape index (κ2) is 7.44. The summed E-state index contributed by atoms with van der Waals surface area (Å²) in [7, 11) is 8.92. The topological polar surface area (TPSA) is 35.9 Å². The van der Waals surface area contributed by atoms with E-state index in [0.717, 1.165) is 22.6 Å². The van der Waals surface area contributed by atoms with E-state index >= 15 is 0 Å². The molecule has 0 atom stereocenters. The monoisotopic (exact) mass is 352 g/mol. The molecule has 5 heteroatoms. The van der Waals surface area contributed by atoms with Gasteiger partial charge in [0, 0.05) is 37.2 Å². The van der Waals surface area contributed by atoms with Crippen molar-refractivity contribution in [2.75, 3.05) is 40.3 Å². The summed E-state index contributed by atoms with van der Waals surface area (Å²) in [6.07, 6.45) is 2.04. The van der Waals surface area contributed by atoms with Crippen LogP contribution < -0.4 is 19.1 Å². The number of methoxy groups -OCH3 is 3. The first-order valence-electron chi connectivity index (χ1n) is 8.34. The molecule has 0 unspecified atom stereocenters. The van der Waals surface area contributed by atoms with Gasteiger partial charge in [-0.1, -0.05) is 0 Å². The van der Waals surface area contributed by atoms with E-state index in [4.69, 9.17) is 14.2 Å². The predicted octanol–water partition coefficient (Wildman–Crippen LogP) is 4.24. The Morgan fingerprint density at radius 1 is 0.808 bits per heavy atom. The molecular weight excluding hydrogens is 328 g/mol. The van der Waals surface area contributed by atoms with Crippen molar-refractivity contribution in [2.45, 2.75) is 0 Å². The molecule has 0 N–H and O–H groups in total. The van der Waals surface area contributed by atoms with Gasteiger partial charge in [-0.15, -0.1) is 0 Å². The highest BCUT2D eigenvalue weighted by atomic mass is 16.5. The van der Waals surface area contributed by atoms with Crippen LogP contribution in [0.1, 0.15) is 0 Å². The largest absolute Gasteiger partial charge is 0.493 e. The van der Waals surface area contributed by atoms with Gasteiger partial charge in [0.25, 0.3) is 0 Å². The lowest BCUT2D eigenvalue weighted by Gasteiger charge is -2.16. The van der Waals surface area contributed by atoms with Crippen LogP contribution in [0.25, 0.3) is 16.9 Å². The van der Waals surface area contributed by atoms with Gasteiger partial charge >= 0.3 is 0 Å². The molecule has 0 radical (unpaired) electrons. The van der Waals surface area contributed by atoms with E-state index in [1.165, 1.54) is 0 Å². The summed E-state index contributed by atoms with van der Waals surface area (Å²) in [5.41, 5.74) is 4.28. The molecule has 2 aromatic carbocycles. The Hall–Kier alpha value is -3.08. The lowest BCUT2D eigenvalue weighted by atomic mass is 10.1. The van der Waals surface area contributed by atoms with Crippen LogP contribution in [0.15, 0.2) is 54.7 Å². The predicted molar refractivity (Wildman–Crippen MR) is 105 cm³/mol. The summed E-state index contributed by atoms with van der Waals surface area (Å²) in [4.78, 5) is 2.08. The molecule has 3 rings (SSSR count). The Kier molecular flexibility index (Phi) is 5.07. The van der Waals surface area contributed by atoms with E-state index < -0.39 is 0 Å². The minimum Gasteiger partial charge on any atom is -0.493 e. The van der Waals surface area contributed by atoms with Crippen molar-refractivity contribution in [3.63, 3.8) is 0 Å². The van der Waals surface area contributed by atoms with Gasteiger partial charge in [0.15, 0.2) is 11.5 Å². The van der Waals surface area contributed by atoms with Gasteiger partial charge in [-0.3, -0.25) is 0 Å². The number of aromatic nitrogens is 1. The lowest BCUT2D eigenvalue weighted by Crippen LogP contribution is -2.08. The fourth-order valence-corrected chi connectivity index (χ4v) is 2.98. The van der Waals surface area contributed by atoms with Crippen molar-refractivity contribution >= 4 is 5.69 Å². The van der Waals surface area contributed by atoms with Crippen molar-refractivity contribution in [3.8, 4) is 34.2 Å². The number of hydrogen-bond donors (Lipinski definition) is 0. The normalized spacial score (nSPS) is 10.5. The molecule has 1 heterocycles. The highest BCUT2D eigenvalue weighted by molar-refractivity contribution is 5.71. The molecule has 26 heavy (non-hydrogen) atoms. The maximum absolute atomic E-state index is 5.49. The average molecular weight is 352 g/mol. The molecule has 0 amide bonds. The Bertz CT molecular complexity index is 858. The average Bonchev–Trinajstić information content (AvgIpc) is 3.16. The number of ether oxygens (including phenoxy) is 3. The van der Waals surface area contributed by atoms with E-state index in [1.54, 1.807) is 21.3 Å². The molecule has 0 fully saturated rings. The fraction of sp³-hybridized carbons (Fsp3) is 0.238. The standard InChI is InChI=1S/C21H24N2O3/c1-22(2)16-8-10-17(11-9-16)23-12-6-7-18(23)15-13-19(24-3)21(26-5)20(14-15)25-4/h6-14H,1-5H3. The molecule has 0 bridgehead atoms. The molecule has 0 spiro atoms. The van der Waals surface area contributed by atoms with Crippen LogP contribution in [-0.4, -0.2) is 40.0 Å². The molecule has 3 aromatic rings. The van der Waals surface area contributed by atoms with Crippen molar-refractivity contribution in [1.82, 2.24) is 4.57 Å². The number of rotatable bonds is 6. The quantitative estimate of drug-likeness (QED) is 0.665. The number of benzene rings is 2. The van der Waals surface area contributed by atoms with Crippen LogP contribution >= 0.6 is 0 Å². The molecule has 136 valence electrons. The van der Waals surface area contributed by atoms with Gasteiger partial charge < -0.3 is 23.7 Å². The van der Waals surface area contributed by atoms with Gasteiger partial charge in [0.05, 0.1) is 27.0 Å². The van der Waals surface area contributed by atoms with Gasteiger partial charge in [0.1, 0.15) is 0 Å². The molecule has 5 nitrogen and oxygen atoms in total. The second-order valence-electron chi connectivity index (χ2n) is 6.09. The van der Waals surface area contributed by atoms with E-state index in [2.05, 4.69) is 39.8 Å². The summed E-state index contributed by atoms with van der Waals surface area (Å²) in [6, 6.07) is 16.4. The molecule has 0 saturated carbocycles. The van der Waals surface area contributed by atoms with Gasteiger partial charge in [-0.05, 0) is 48.5 Å². The molecule has 0 aliphatic rings. The van der Waals surface area contributed by atoms with Crippen LogP contribution in [0.2, 0.25) is 0 Å². The zero-order valence-corrected chi connectivity index (χ0v) is 15.8. The Morgan fingerprint density at radius 2 is 1.42 bits per heavy atom. The van der Waals surface area contributed by atoms with Gasteiger partial charge in [0.2, 0.25) is 5.75 Å². The molecule has 0 aliphatic carbocycles. The summed E-state index contributed by atoms with van der Waals surface area (Å²) in [6.45, 7) is 0. The highest BCUT2D eigenvalue weighted by Crippen LogP contribution is 2.41. The highest BCUT2D eigenvalue weighted by Gasteiger charge is 2.16. The van der Waals surface area contributed by atoms with E-state index in [0.29, 0.717) is 17.2 Å². The fourth-order valence-electron chi connectivity index (χ4n) is 2.98. The number of anilines is 1. The first kappa shape index (κ1) is 17.7. The molecular formula is C21H24N2O3. The van der Waals surface area contributed by atoms with Crippen molar-refractivity contribution in [1.29, 1.82) is 0 Å². The minimum atomic E-state index is 0.590. The summed E-state index contributed by atoms with van der Waals surface area (Å²) < 4.78 is 18.5. The zero-order valence-electron chi connectivity index (χ0n) is 15.8. The van der Waals surface area contributed by atoms with E-state index in [-0.39, 0.29) is 0 Å². The molecule has 1 aromatic heterocycles. The summed E-state index contributed by atoms with van der Waals surface area (Å²) >= 11 is 0. The lowest BCUT2D eigenvalue weighted by molar-refractivity contribution is 0.324. The van der Waals surface area contributed by atoms with Crippen molar-refractivity contribution in [2.24, 2.45) is 0 Å². The SMILES string of the molecule is COc1cc(-c2cccn2-c2ccc(N(C)C)cc2)cc(OC)c1OC. The summed E-state index contributed by atoms with van der Waals surface area (Å²) in [5.74, 6) is 1.86. The maximum atomic E-state index is 5.49. The van der Waals surface area contributed by atoms with Crippen LogP contribution in [0.4, 0.5) is 5.69 Å². The minimum absolute atomic E-state index is 0.590.